The fraction of sp³-hybridized carbons (Fsp3) is 0.923. The minimum atomic E-state index is 0.321. The summed E-state index contributed by atoms with van der Waals surface area (Å²) in [6.45, 7) is 2.27. The van der Waals surface area contributed by atoms with Crippen molar-refractivity contribution in [2.24, 2.45) is 5.92 Å². The number of nitrogens with zero attached hydrogens (tertiary/aromatic N) is 1. The van der Waals surface area contributed by atoms with Crippen molar-refractivity contribution >= 4 is 6.29 Å². The molecule has 1 aliphatic carbocycles. The highest BCUT2D eigenvalue weighted by atomic mass is 16.1. The van der Waals surface area contributed by atoms with Crippen LogP contribution in [0.3, 0.4) is 0 Å². The van der Waals surface area contributed by atoms with Gasteiger partial charge in [0.2, 0.25) is 0 Å². The van der Waals surface area contributed by atoms with Crippen molar-refractivity contribution in [3.63, 3.8) is 0 Å². The van der Waals surface area contributed by atoms with Crippen LogP contribution in [0.5, 0.6) is 0 Å². The lowest BCUT2D eigenvalue weighted by atomic mass is 9.96. The van der Waals surface area contributed by atoms with Gasteiger partial charge in [-0.15, -0.1) is 0 Å². The summed E-state index contributed by atoms with van der Waals surface area (Å²) >= 11 is 0. The Balaban J connectivity index is 1.87. The Morgan fingerprint density at radius 1 is 0.933 bits per heavy atom. The van der Waals surface area contributed by atoms with E-state index in [9.17, 15) is 4.79 Å². The van der Waals surface area contributed by atoms with Gasteiger partial charge in [-0.2, -0.15) is 0 Å². The molecule has 1 atom stereocenters. The Hall–Kier alpha value is -0.370. The molecule has 0 aromatic carbocycles. The second-order valence-electron chi connectivity index (χ2n) is 5.18. The first kappa shape index (κ1) is 11.1. The van der Waals surface area contributed by atoms with Crippen LogP contribution < -0.4 is 0 Å². The standard InChI is InChI=1S/C13H23NO/c15-11-12-6-5-9-14(10-12)13-7-3-1-2-4-8-13/h11-13H,1-10H2. The summed E-state index contributed by atoms with van der Waals surface area (Å²) in [4.78, 5) is 13.4. The monoisotopic (exact) mass is 209 g/mol. The van der Waals surface area contributed by atoms with Gasteiger partial charge in [-0.25, -0.2) is 0 Å². The van der Waals surface area contributed by atoms with Crippen LogP contribution in [-0.2, 0) is 4.79 Å². The molecule has 1 heterocycles. The minimum Gasteiger partial charge on any atom is -0.303 e. The van der Waals surface area contributed by atoms with E-state index >= 15 is 0 Å². The fourth-order valence-corrected chi connectivity index (χ4v) is 3.11. The second-order valence-corrected chi connectivity index (χ2v) is 5.18. The molecular weight excluding hydrogens is 186 g/mol. The van der Waals surface area contributed by atoms with Crippen molar-refractivity contribution in [3.05, 3.63) is 0 Å². The predicted molar refractivity (Wildman–Crippen MR) is 61.9 cm³/mol. The van der Waals surface area contributed by atoms with Crippen molar-refractivity contribution in [3.8, 4) is 0 Å². The molecule has 0 bridgehead atoms. The van der Waals surface area contributed by atoms with Gasteiger partial charge in [-0.1, -0.05) is 25.7 Å². The van der Waals surface area contributed by atoms with Gasteiger partial charge in [0.1, 0.15) is 6.29 Å². The molecule has 0 radical (unpaired) electrons. The van der Waals surface area contributed by atoms with Crippen molar-refractivity contribution in [2.75, 3.05) is 13.1 Å². The number of aldehydes is 1. The van der Waals surface area contributed by atoms with Crippen molar-refractivity contribution in [2.45, 2.75) is 57.4 Å². The highest BCUT2D eigenvalue weighted by molar-refractivity contribution is 5.53. The van der Waals surface area contributed by atoms with Gasteiger partial charge < -0.3 is 4.79 Å². The molecule has 1 saturated heterocycles. The van der Waals surface area contributed by atoms with Gasteiger partial charge in [-0.3, -0.25) is 4.90 Å². The Kier molecular flexibility index (Phi) is 4.18. The molecule has 2 heteroatoms. The van der Waals surface area contributed by atoms with Crippen LogP contribution in [-0.4, -0.2) is 30.3 Å². The highest BCUT2D eigenvalue weighted by Gasteiger charge is 2.25. The molecular formula is C13H23NO. The summed E-state index contributed by atoms with van der Waals surface area (Å²) < 4.78 is 0. The van der Waals surface area contributed by atoms with E-state index in [1.807, 2.05) is 0 Å². The fourth-order valence-electron chi connectivity index (χ4n) is 3.11. The summed E-state index contributed by atoms with van der Waals surface area (Å²) in [5.74, 6) is 0.321. The van der Waals surface area contributed by atoms with Gasteiger partial charge in [0.25, 0.3) is 0 Å². The summed E-state index contributed by atoms with van der Waals surface area (Å²) in [5, 5.41) is 0. The largest absolute Gasteiger partial charge is 0.303 e. The van der Waals surface area contributed by atoms with E-state index < -0.39 is 0 Å². The van der Waals surface area contributed by atoms with Gasteiger partial charge in [0.05, 0.1) is 0 Å². The van der Waals surface area contributed by atoms with Crippen molar-refractivity contribution < 1.29 is 4.79 Å². The van der Waals surface area contributed by atoms with E-state index in [-0.39, 0.29) is 0 Å². The predicted octanol–water partition coefficient (Wildman–Crippen LogP) is 2.62. The maximum absolute atomic E-state index is 10.8. The summed E-state index contributed by atoms with van der Waals surface area (Å²) in [6, 6.07) is 0.787. The summed E-state index contributed by atoms with van der Waals surface area (Å²) in [5.41, 5.74) is 0. The van der Waals surface area contributed by atoms with Crippen molar-refractivity contribution in [1.82, 2.24) is 4.90 Å². The number of carbonyl (C=O) groups excluding carboxylic acids is 1. The molecule has 86 valence electrons. The Morgan fingerprint density at radius 2 is 1.67 bits per heavy atom. The van der Waals surface area contributed by atoms with Crippen LogP contribution in [0.2, 0.25) is 0 Å². The average Bonchev–Trinajstić information content (AvgIpc) is 2.58. The second kappa shape index (κ2) is 5.64. The first-order chi connectivity index (χ1) is 7.40. The van der Waals surface area contributed by atoms with E-state index in [4.69, 9.17) is 0 Å². The molecule has 1 unspecified atom stereocenters. The number of hydrogen-bond acceptors (Lipinski definition) is 2. The molecule has 2 nitrogen and oxygen atoms in total. The van der Waals surface area contributed by atoms with E-state index in [0.29, 0.717) is 5.92 Å². The Morgan fingerprint density at radius 3 is 2.33 bits per heavy atom. The minimum absolute atomic E-state index is 0.321. The maximum atomic E-state index is 10.8. The smallest absolute Gasteiger partial charge is 0.124 e. The molecule has 0 N–H and O–H groups in total. The third kappa shape index (κ3) is 3.04. The van der Waals surface area contributed by atoms with Gasteiger partial charge in [0, 0.05) is 18.5 Å². The Labute approximate surface area is 93.0 Å². The van der Waals surface area contributed by atoms with Crippen LogP contribution in [0.4, 0.5) is 0 Å². The average molecular weight is 209 g/mol. The van der Waals surface area contributed by atoms with E-state index in [1.54, 1.807) is 0 Å². The van der Waals surface area contributed by atoms with Crippen LogP contribution in [0, 0.1) is 5.92 Å². The summed E-state index contributed by atoms with van der Waals surface area (Å²) in [7, 11) is 0. The first-order valence-corrected chi connectivity index (χ1v) is 6.59. The first-order valence-electron chi connectivity index (χ1n) is 6.59. The molecule has 2 aliphatic rings. The summed E-state index contributed by atoms with van der Waals surface area (Å²) in [6.07, 6.45) is 11.9. The zero-order valence-corrected chi connectivity index (χ0v) is 9.66. The van der Waals surface area contributed by atoms with E-state index in [0.717, 1.165) is 19.0 Å². The lowest BCUT2D eigenvalue weighted by molar-refractivity contribution is -0.112. The normalized spacial score (nSPS) is 31.1. The maximum Gasteiger partial charge on any atom is 0.124 e. The lowest BCUT2D eigenvalue weighted by Gasteiger charge is -2.36. The third-order valence-electron chi connectivity index (χ3n) is 4.02. The van der Waals surface area contributed by atoms with Crippen LogP contribution in [0.15, 0.2) is 0 Å². The van der Waals surface area contributed by atoms with Crippen LogP contribution >= 0.6 is 0 Å². The SMILES string of the molecule is O=CC1CCCN(C2CCCCCC2)C1. The van der Waals surface area contributed by atoms with Crippen molar-refractivity contribution in [1.29, 1.82) is 0 Å². The molecule has 1 saturated carbocycles. The quantitative estimate of drug-likeness (QED) is 0.514. The van der Waals surface area contributed by atoms with Crippen LogP contribution in [0.25, 0.3) is 0 Å². The van der Waals surface area contributed by atoms with E-state index in [1.165, 1.54) is 57.8 Å². The number of piperidine rings is 1. The number of carbonyl (C=O) groups is 1. The molecule has 0 aromatic rings. The molecule has 2 fully saturated rings. The Bertz CT molecular complexity index is 197. The van der Waals surface area contributed by atoms with Gasteiger partial charge in [0.15, 0.2) is 0 Å². The highest BCUT2D eigenvalue weighted by Crippen LogP contribution is 2.25. The molecule has 1 aliphatic heterocycles. The zero-order valence-electron chi connectivity index (χ0n) is 9.66. The van der Waals surface area contributed by atoms with Gasteiger partial charge in [-0.05, 0) is 32.2 Å². The van der Waals surface area contributed by atoms with E-state index in [2.05, 4.69) is 4.90 Å². The molecule has 2 rings (SSSR count). The topological polar surface area (TPSA) is 20.3 Å². The lowest BCUT2D eigenvalue weighted by Crippen LogP contribution is -2.42. The molecule has 0 aromatic heterocycles. The number of likely N-dealkylation sites (tertiary alicyclic amines) is 1. The number of hydrogen-bond donors (Lipinski definition) is 0. The number of rotatable bonds is 2. The van der Waals surface area contributed by atoms with Gasteiger partial charge >= 0.3 is 0 Å². The molecule has 15 heavy (non-hydrogen) atoms. The third-order valence-corrected chi connectivity index (χ3v) is 4.02. The zero-order chi connectivity index (χ0) is 10.5. The van der Waals surface area contributed by atoms with Crippen LogP contribution in [0.1, 0.15) is 51.4 Å². The molecule has 0 amide bonds. The molecule has 0 spiro atoms.